The Labute approximate surface area is 185 Å². The van der Waals surface area contributed by atoms with E-state index in [0.717, 1.165) is 22.4 Å². The fourth-order valence-electron chi connectivity index (χ4n) is 4.41. The van der Waals surface area contributed by atoms with E-state index in [1.165, 1.54) is 0 Å². The van der Waals surface area contributed by atoms with Crippen LogP contribution in [0, 0.1) is 0 Å². The molecule has 1 N–H and O–H groups in total. The van der Waals surface area contributed by atoms with Gasteiger partial charge in [0.2, 0.25) is 11.6 Å². The molecule has 7 heteroatoms. The molecule has 162 valence electrons. The van der Waals surface area contributed by atoms with Gasteiger partial charge in [-0.15, -0.1) is 0 Å². The van der Waals surface area contributed by atoms with E-state index in [0.29, 0.717) is 35.3 Å². The summed E-state index contributed by atoms with van der Waals surface area (Å²) in [6.45, 7) is 0. The van der Waals surface area contributed by atoms with Crippen LogP contribution < -0.4 is 14.2 Å². The molecule has 32 heavy (non-hydrogen) atoms. The van der Waals surface area contributed by atoms with Crippen molar-refractivity contribution in [2.75, 3.05) is 21.3 Å². The summed E-state index contributed by atoms with van der Waals surface area (Å²) < 4.78 is 22.3. The molecular formula is C25H23N3O4. The molecule has 2 aromatic carbocycles. The van der Waals surface area contributed by atoms with Gasteiger partial charge in [0.25, 0.3) is 0 Å². The van der Waals surface area contributed by atoms with Gasteiger partial charge in [0, 0.05) is 23.1 Å². The minimum atomic E-state index is -0.471. The lowest BCUT2D eigenvalue weighted by atomic mass is 9.68. The molecule has 1 aliphatic rings. The average molecular weight is 429 g/mol. The lowest BCUT2D eigenvalue weighted by molar-refractivity contribution is 0.323. The number of aromatic nitrogens is 3. The van der Waals surface area contributed by atoms with Gasteiger partial charge < -0.3 is 18.6 Å². The van der Waals surface area contributed by atoms with E-state index in [1.807, 2.05) is 30.3 Å². The minimum Gasteiger partial charge on any atom is -0.493 e. The first-order valence-corrected chi connectivity index (χ1v) is 10.2. The van der Waals surface area contributed by atoms with Gasteiger partial charge in [0.15, 0.2) is 17.2 Å². The molecule has 0 amide bonds. The third-order valence-corrected chi connectivity index (χ3v) is 5.98. The lowest BCUT2D eigenvalue weighted by Gasteiger charge is -2.35. The van der Waals surface area contributed by atoms with E-state index in [2.05, 4.69) is 39.5 Å². The van der Waals surface area contributed by atoms with E-state index in [4.69, 9.17) is 18.6 Å². The SMILES string of the molecule is COc1cc(C2(c3ccccc3)C=Cc3c(-c4ncco4)n[nH]c3C2)cc(OC)c1OC. The first-order chi connectivity index (χ1) is 15.7. The van der Waals surface area contributed by atoms with E-state index >= 15 is 0 Å². The zero-order valence-electron chi connectivity index (χ0n) is 18.1. The number of H-pyrrole nitrogens is 1. The predicted octanol–water partition coefficient (Wildman–Crippen LogP) is 4.65. The van der Waals surface area contributed by atoms with E-state index in [1.54, 1.807) is 33.8 Å². The van der Waals surface area contributed by atoms with Crippen molar-refractivity contribution in [1.29, 1.82) is 0 Å². The molecule has 1 unspecified atom stereocenters. The standard InChI is InChI=1S/C25H23N3O4/c1-29-20-13-17(14-21(30-2)23(20)31-3)25(16-7-5-4-6-8-16)10-9-18-19(15-25)27-28-22(18)24-26-11-12-32-24/h4-14H,15H2,1-3H3,(H,27,28). The van der Waals surface area contributed by atoms with Crippen LogP contribution in [-0.4, -0.2) is 36.5 Å². The Morgan fingerprint density at radius 3 is 2.34 bits per heavy atom. The number of oxazole rings is 1. The Bertz CT molecular complexity index is 1240. The molecule has 5 rings (SSSR count). The Morgan fingerprint density at radius 2 is 1.72 bits per heavy atom. The molecule has 0 spiro atoms. The quantitative estimate of drug-likeness (QED) is 0.481. The Hall–Kier alpha value is -4.00. The van der Waals surface area contributed by atoms with Crippen LogP contribution in [-0.2, 0) is 11.8 Å². The summed E-state index contributed by atoms with van der Waals surface area (Å²) in [6, 6.07) is 14.4. The number of aromatic amines is 1. The van der Waals surface area contributed by atoms with Crippen molar-refractivity contribution in [3.63, 3.8) is 0 Å². The summed E-state index contributed by atoms with van der Waals surface area (Å²) in [5.74, 6) is 2.28. The van der Waals surface area contributed by atoms with Crippen LogP contribution in [0.1, 0.15) is 22.4 Å². The first-order valence-electron chi connectivity index (χ1n) is 10.2. The van der Waals surface area contributed by atoms with Crippen LogP contribution in [0.25, 0.3) is 17.7 Å². The topological polar surface area (TPSA) is 82.4 Å². The van der Waals surface area contributed by atoms with Crippen molar-refractivity contribution in [2.24, 2.45) is 0 Å². The Balaban J connectivity index is 1.70. The van der Waals surface area contributed by atoms with Gasteiger partial charge in [0.05, 0.1) is 27.5 Å². The number of nitrogens with one attached hydrogen (secondary N) is 1. The summed E-state index contributed by atoms with van der Waals surface area (Å²) in [6.07, 6.45) is 8.11. The second kappa shape index (κ2) is 7.92. The molecule has 0 fully saturated rings. The van der Waals surface area contributed by atoms with Gasteiger partial charge in [-0.25, -0.2) is 4.98 Å². The van der Waals surface area contributed by atoms with E-state index in [-0.39, 0.29) is 0 Å². The highest BCUT2D eigenvalue weighted by atomic mass is 16.5. The maximum Gasteiger partial charge on any atom is 0.247 e. The smallest absolute Gasteiger partial charge is 0.247 e. The van der Waals surface area contributed by atoms with Crippen LogP contribution in [0.4, 0.5) is 0 Å². The van der Waals surface area contributed by atoms with Crippen molar-refractivity contribution in [2.45, 2.75) is 11.8 Å². The minimum absolute atomic E-state index is 0.471. The molecule has 0 aliphatic heterocycles. The summed E-state index contributed by atoms with van der Waals surface area (Å²) in [7, 11) is 4.86. The molecule has 1 aliphatic carbocycles. The van der Waals surface area contributed by atoms with Crippen molar-refractivity contribution in [1.82, 2.24) is 15.2 Å². The number of fused-ring (bicyclic) bond motifs is 1. The molecule has 4 aromatic rings. The first kappa shape index (κ1) is 19.9. The summed E-state index contributed by atoms with van der Waals surface area (Å²) in [5, 5.41) is 7.69. The second-order valence-electron chi connectivity index (χ2n) is 7.56. The van der Waals surface area contributed by atoms with E-state index < -0.39 is 5.41 Å². The average Bonchev–Trinajstić information content (AvgIpc) is 3.52. The maximum atomic E-state index is 5.64. The number of benzene rings is 2. The molecule has 1 atom stereocenters. The normalized spacial score (nSPS) is 17.1. The molecule has 2 aromatic heterocycles. The summed E-state index contributed by atoms with van der Waals surface area (Å²) in [4.78, 5) is 4.25. The molecule has 7 nitrogen and oxygen atoms in total. The monoisotopic (exact) mass is 429 g/mol. The maximum absolute atomic E-state index is 5.64. The van der Waals surface area contributed by atoms with Crippen molar-refractivity contribution in [3.8, 4) is 28.8 Å². The fraction of sp³-hybridized carbons (Fsp3) is 0.200. The Morgan fingerprint density at radius 1 is 0.969 bits per heavy atom. The highest BCUT2D eigenvalue weighted by molar-refractivity contribution is 5.73. The van der Waals surface area contributed by atoms with Crippen molar-refractivity contribution >= 4 is 6.08 Å². The number of nitrogens with zero attached hydrogens (tertiary/aromatic N) is 2. The number of methoxy groups -OCH3 is 3. The van der Waals surface area contributed by atoms with E-state index in [9.17, 15) is 0 Å². The molecule has 0 bridgehead atoms. The van der Waals surface area contributed by atoms with Gasteiger partial charge in [0.1, 0.15) is 6.26 Å². The highest BCUT2D eigenvalue weighted by Gasteiger charge is 2.38. The van der Waals surface area contributed by atoms with Crippen molar-refractivity contribution in [3.05, 3.63) is 83.4 Å². The van der Waals surface area contributed by atoms with Crippen LogP contribution in [0.15, 0.2) is 65.4 Å². The Kier molecular flexibility index (Phi) is 4.93. The predicted molar refractivity (Wildman–Crippen MR) is 120 cm³/mol. The van der Waals surface area contributed by atoms with Gasteiger partial charge >= 0.3 is 0 Å². The van der Waals surface area contributed by atoms with Gasteiger partial charge in [-0.1, -0.05) is 42.5 Å². The van der Waals surface area contributed by atoms with Crippen LogP contribution in [0.3, 0.4) is 0 Å². The number of allylic oxidation sites excluding steroid dienone is 1. The van der Waals surface area contributed by atoms with Gasteiger partial charge in [-0.2, -0.15) is 5.10 Å². The zero-order valence-corrected chi connectivity index (χ0v) is 18.1. The van der Waals surface area contributed by atoms with Gasteiger partial charge in [-0.3, -0.25) is 5.10 Å². The molecule has 0 saturated heterocycles. The fourth-order valence-corrected chi connectivity index (χ4v) is 4.41. The lowest BCUT2D eigenvalue weighted by Crippen LogP contribution is -2.30. The molecule has 0 saturated carbocycles. The van der Waals surface area contributed by atoms with Crippen LogP contribution in [0.5, 0.6) is 17.2 Å². The number of ether oxygens (including phenoxy) is 3. The molecular weight excluding hydrogens is 406 g/mol. The molecule has 2 heterocycles. The largest absolute Gasteiger partial charge is 0.493 e. The number of rotatable bonds is 6. The van der Waals surface area contributed by atoms with Crippen LogP contribution in [0.2, 0.25) is 0 Å². The van der Waals surface area contributed by atoms with Crippen molar-refractivity contribution < 1.29 is 18.6 Å². The van der Waals surface area contributed by atoms with Crippen LogP contribution >= 0.6 is 0 Å². The zero-order chi connectivity index (χ0) is 22.1. The number of hydrogen-bond acceptors (Lipinski definition) is 6. The summed E-state index contributed by atoms with van der Waals surface area (Å²) in [5.41, 5.74) is 4.37. The van der Waals surface area contributed by atoms with Gasteiger partial charge in [-0.05, 0) is 23.3 Å². The third kappa shape index (κ3) is 3.05. The molecule has 0 radical (unpaired) electrons. The summed E-state index contributed by atoms with van der Waals surface area (Å²) >= 11 is 0. The third-order valence-electron chi connectivity index (χ3n) is 5.98. The number of hydrogen-bond donors (Lipinski definition) is 1. The second-order valence-corrected chi connectivity index (χ2v) is 7.56. The highest BCUT2D eigenvalue weighted by Crippen LogP contribution is 2.47.